The van der Waals surface area contributed by atoms with E-state index in [9.17, 15) is 10.2 Å². The Morgan fingerprint density at radius 2 is 1.59 bits per heavy atom. The summed E-state index contributed by atoms with van der Waals surface area (Å²) in [7, 11) is 0. The van der Waals surface area contributed by atoms with Crippen molar-refractivity contribution in [2.45, 2.75) is 0 Å². The van der Waals surface area contributed by atoms with E-state index in [1.165, 1.54) is 12.1 Å². The first kappa shape index (κ1) is 9.72. The fraction of sp³-hybridized carbons (Fsp3) is 0. The Kier molecular flexibility index (Phi) is 2.01. The first-order valence-corrected chi connectivity index (χ1v) is 5.12. The summed E-state index contributed by atoms with van der Waals surface area (Å²) in [6.45, 7) is 0. The first-order chi connectivity index (χ1) is 8.25. The van der Waals surface area contributed by atoms with E-state index in [-0.39, 0.29) is 23.0 Å². The number of phenolic OH excluding ortho intramolecular Hbond substituents is 2. The van der Waals surface area contributed by atoms with Crippen LogP contribution in [0.5, 0.6) is 11.5 Å². The van der Waals surface area contributed by atoms with Gasteiger partial charge in [-0.05, 0) is 24.3 Å². The van der Waals surface area contributed by atoms with Crippen LogP contribution in [0.15, 0.2) is 46.9 Å². The van der Waals surface area contributed by atoms with Gasteiger partial charge in [0, 0.05) is 0 Å². The molecule has 4 heteroatoms. The minimum atomic E-state index is -0.0587. The maximum Gasteiger partial charge on any atom is 0.234 e. The number of hydrogen-bond acceptors (Lipinski definition) is 4. The molecule has 0 aliphatic rings. The lowest BCUT2D eigenvalue weighted by molar-refractivity contribution is 0.449. The normalized spacial score (nSPS) is 10.8. The molecule has 4 nitrogen and oxygen atoms in total. The number of aromatic hydroxyl groups is 2. The highest BCUT2D eigenvalue weighted by molar-refractivity contribution is 5.79. The number of aromatic nitrogens is 1. The largest absolute Gasteiger partial charge is 0.507 e. The van der Waals surface area contributed by atoms with Crippen molar-refractivity contribution in [2.24, 2.45) is 0 Å². The van der Waals surface area contributed by atoms with Gasteiger partial charge in [-0.3, -0.25) is 0 Å². The van der Waals surface area contributed by atoms with Gasteiger partial charge in [-0.25, -0.2) is 4.98 Å². The third-order valence-corrected chi connectivity index (χ3v) is 2.53. The van der Waals surface area contributed by atoms with Gasteiger partial charge in [0.1, 0.15) is 22.6 Å². The molecule has 0 fully saturated rings. The van der Waals surface area contributed by atoms with Gasteiger partial charge in [0.05, 0.1) is 0 Å². The number of rotatable bonds is 1. The Morgan fingerprint density at radius 3 is 2.29 bits per heavy atom. The molecule has 0 saturated heterocycles. The molecule has 0 spiro atoms. The van der Waals surface area contributed by atoms with Crippen molar-refractivity contribution < 1.29 is 14.6 Å². The van der Waals surface area contributed by atoms with E-state index >= 15 is 0 Å². The molecule has 1 heterocycles. The van der Waals surface area contributed by atoms with Crippen LogP contribution in [0.1, 0.15) is 0 Å². The molecule has 0 atom stereocenters. The van der Waals surface area contributed by atoms with E-state index in [0.29, 0.717) is 11.1 Å². The van der Waals surface area contributed by atoms with Crippen molar-refractivity contribution in [3.8, 4) is 23.0 Å². The van der Waals surface area contributed by atoms with Gasteiger partial charge in [-0.2, -0.15) is 0 Å². The molecule has 3 rings (SSSR count). The quantitative estimate of drug-likeness (QED) is 0.670. The lowest BCUT2D eigenvalue weighted by atomic mass is 10.2. The Hall–Kier alpha value is -2.49. The summed E-state index contributed by atoms with van der Waals surface area (Å²) >= 11 is 0. The van der Waals surface area contributed by atoms with Gasteiger partial charge < -0.3 is 14.6 Å². The minimum Gasteiger partial charge on any atom is -0.507 e. The van der Waals surface area contributed by atoms with Crippen molar-refractivity contribution in [1.29, 1.82) is 0 Å². The summed E-state index contributed by atoms with van der Waals surface area (Å²) in [6.07, 6.45) is 0. The number of oxazole rings is 1. The summed E-state index contributed by atoms with van der Waals surface area (Å²) < 4.78 is 5.48. The second-order valence-electron chi connectivity index (χ2n) is 3.66. The molecular formula is C13H9NO3. The molecule has 0 amide bonds. The SMILES string of the molecule is Oc1cccc(O)c1-c1nc2ccccc2o1. The number of benzene rings is 2. The molecule has 0 radical (unpaired) electrons. The highest BCUT2D eigenvalue weighted by Gasteiger charge is 2.15. The second-order valence-corrected chi connectivity index (χ2v) is 3.66. The molecule has 0 aliphatic carbocycles. The second kappa shape index (κ2) is 3.52. The Labute approximate surface area is 96.8 Å². The molecular weight excluding hydrogens is 218 g/mol. The van der Waals surface area contributed by atoms with E-state index < -0.39 is 0 Å². The van der Waals surface area contributed by atoms with Gasteiger partial charge in [0.2, 0.25) is 5.89 Å². The van der Waals surface area contributed by atoms with Crippen LogP contribution in [0.3, 0.4) is 0 Å². The highest BCUT2D eigenvalue weighted by atomic mass is 16.4. The highest BCUT2D eigenvalue weighted by Crippen LogP contribution is 2.37. The average Bonchev–Trinajstić information content (AvgIpc) is 2.71. The zero-order valence-electron chi connectivity index (χ0n) is 8.79. The number of fused-ring (bicyclic) bond motifs is 1. The lowest BCUT2D eigenvalue weighted by Crippen LogP contribution is -1.79. The lowest BCUT2D eigenvalue weighted by Gasteiger charge is -2.01. The molecule has 2 aromatic carbocycles. The molecule has 0 unspecified atom stereocenters. The van der Waals surface area contributed by atoms with Gasteiger partial charge in [0.15, 0.2) is 5.58 Å². The summed E-state index contributed by atoms with van der Waals surface area (Å²) in [4.78, 5) is 4.22. The number of phenols is 2. The van der Waals surface area contributed by atoms with E-state index in [2.05, 4.69) is 4.98 Å². The monoisotopic (exact) mass is 227 g/mol. The van der Waals surface area contributed by atoms with E-state index in [4.69, 9.17) is 4.42 Å². The number of para-hydroxylation sites is 2. The average molecular weight is 227 g/mol. The minimum absolute atomic E-state index is 0.0587. The van der Waals surface area contributed by atoms with Crippen molar-refractivity contribution in [3.05, 3.63) is 42.5 Å². The molecule has 3 aromatic rings. The third-order valence-electron chi connectivity index (χ3n) is 2.53. The van der Waals surface area contributed by atoms with Crippen LogP contribution in [-0.4, -0.2) is 15.2 Å². The zero-order chi connectivity index (χ0) is 11.8. The molecule has 0 aliphatic heterocycles. The van der Waals surface area contributed by atoms with Crippen LogP contribution in [0.2, 0.25) is 0 Å². The van der Waals surface area contributed by atoms with Crippen molar-refractivity contribution in [1.82, 2.24) is 4.98 Å². The summed E-state index contributed by atoms with van der Waals surface area (Å²) in [5.41, 5.74) is 1.51. The summed E-state index contributed by atoms with van der Waals surface area (Å²) in [5, 5.41) is 19.4. The van der Waals surface area contributed by atoms with Crippen molar-refractivity contribution in [2.75, 3.05) is 0 Å². The zero-order valence-corrected chi connectivity index (χ0v) is 8.79. The maximum absolute atomic E-state index is 9.71. The van der Waals surface area contributed by atoms with Gasteiger partial charge >= 0.3 is 0 Å². The molecule has 17 heavy (non-hydrogen) atoms. The molecule has 0 bridgehead atoms. The van der Waals surface area contributed by atoms with Gasteiger partial charge in [0.25, 0.3) is 0 Å². The molecule has 1 aromatic heterocycles. The molecule has 84 valence electrons. The molecule has 0 saturated carbocycles. The third kappa shape index (κ3) is 1.50. The fourth-order valence-electron chi connectivity index (χ4n) is 1.73. The van der Waals surface area contributed by atoms with Crippen LogP contribution >= 0.6 is 0 Å². The predicted molar refractivity (Wildman–Crippen MR) is 62.8 cm³/mol. The van der Waals surface area contributed by atoms with Gasteiger partial charge in [-0.1, -0.05) is 18.2 Å². The van der Waals surface area contributed by atoms with E-state index in [1.807, 2.05) is 12.1 Å². The molecule has 2 N–H and O–H groups in total. The predicted octanol–water partition coefficient (Wildman–Crippen LogP) is 2.91. The summed E-state index contributed by atoms with van der Waals surface area (Å²) in [5.74, 6) is 0.0925. The van der Waals surface area contributed by atoms with Crippen LogP contribution in [0.4, 0.5) is 0 Å². The van der Waals surface area contributed by atoms with Gasteiger partial charge in [-0.15, -0.1) is 0 Å². The van der Waals surface area contributed by atoms with Crippen molar-refractivity contribution >= 4 is 11.1 Å². The van der Waals surface area contributed by atoms with Crippen LogP contribution < -0.4 is 0 Å². The smallest absolute Gasteiger partial charge is 0.234 e. The standard InChI is InChI=1S/C13H9NO3/c15-9-5-3-6-10(16)12(9)13-14-8-4-1-2-7-11(8)17-13/h1-7,15-16H. The Balaban J connectivity index is 2.27. The summed E-state index contributed by atoms with van der Waals surface area (Å²) in [6, 6.07) is 11.8. The fourth-order valence-corrected chi connectivity index (χ4v) is 1.73. The van der Waals surface area contributed by atoms with Crippen LogP contribution in [0.25, 0.3) is 22.6 Å². The Morgan fingerprint density at radius 1 is 0.882 bits per heavy atom. The van der Waals surface area contributed by atoms with Crippen LogP contribution in [-0.2, 0) is 0 Å². The maximum atomic E-state index is 9.71. The first-order valence-electron chi connectivity index (χ1n) is 5.12. The van der Waals surface area contributed by atoms with Crippen molar-refractivity contribution in [3.63, 3.8) is 0 Å². The number of nitrogens with zero attached hydrogens (tertiary/aromatic N) is 1. The van der Waals surface area contributed by atoms with E-state index in [0.717, 1.165) is 0 Å². The Bertz CT molecular complexity index is 635. The number of hydrogen-bond donors (Lipinski definition) is 2. The van der Waals surface area contributed by atoms with E-state index in [1.54, 1.807) is 18.2 Å². The van der Waals surface area contributed by atoms with Crippen LogP contribution in [0, 0.1) is 0 Å². The topological polar surface area (TPSA) is 66.5 Å².